The van der Waals surface area contributed by atoms with Crippen molar-refractivity contribution in [3.05, 3.63) is 50.7 Å². The van der Waals surface area contributed by atoms with E-state index in [0.717, 1.165) is 20.1 Å². The fraction of sp³-hybridized carbons (Fsp3) is 0.267. The number of nitrogens with two attached hydrogens (primary N) is 1. The van der Waals surface area contributed by atoms with Crippen LogP contribution in [0.15, 0.2) is 39.5 Å². The Morgan fingerprint density at radius 2 is 1.90 bits per heavy atom. The molecule has 0 saturated carbocycles. The average molecular weight is 416 g/mol. The summed E-state index contributed by atoms with van der Waals surface area (Å²) < 4.78 is 13.3. The van der Waals surface area contributed by atoms with E-state index in [1.807, 2.05) is 25.1 Å². The smallest absolute Gasteiger partial charge is 0.175 e. The number of ether oxygens (including phenoxy) is 2. The average Bonchev–Trinajstić information content (AvgIpc) is 2.46. The maximum absolute atomic E-state index is 5.89. The molecule has 112 valence electrons. The maximum atomic E-state index is 5.89. The number of halogens is 2. The second kappa shape index (κ2) is 7.77. The Balaban J connectivity index is 2.22. The Morgan fingerprint density at radius 1 is 1.10 bits per heavy atom. The number of benzene rings is 1. The van der Waals surface area contributed by atoms with Crippen molar-refractivity contribution in [1.82, 2.24) is 4.98 Å². The largest absolute Gasteiger partial charge is 0.490 e. The molecule has 0 unspecified atom stereocenters. The number of nitrogens with zero attached hydrogens (tertiary/aromatic N) is 1. The first-order chi connectivity index (χ1) is 10.1. The van der Waals surface area contributed by atoms with E-state index >= 15 is 0 Å². The number of rotatable bonds is 6. The first kappa shape index (κ1) is 16.3. The van der Waals surface area contributed by atoms with Crippen LogP contribution in [0.4, 0.5) is 0 Å². The van der Waals surface area contributed by atoms with Gasteiger partial charge in [-0.2, -0.15) is 0 Å². The molecular weight excluding hydrogens is 400 g/mol. The molecule has 0 aliphatic carbocycles. The van der Waals surface area contributed by atoms with Crippen LogP contribution in [0.25, 0.3) is 0 Å². The highest BCUT2D eigenvalue weighted by atomic mass is 79.9. The summed E-state index contributed by atoms with van der Waals surface area (Å²) >= 11 is 6.91. The molecule has 2 N–H and O–H groups in total. The van der Waals surface area contributed by atoms with Crippen LogP contribution in [-0.2, 0) is 13.2 Å². The molecule has 1 aromatic heterocycles. The van der Waals surface area contributed by atoms with Crippen molar-refractivity contribution in [2.45, 2.75) is 20.1 Å². The van der Waals surface area contributed by atoms with Gasteiger partial charge in [0.1, 0.15) is 6.61 Å². The molecule has 0 spiro atoms. The normalized spacial score (nSPS) is 10.5. The van der Waals surface area contributed by atoms with E-state index in [-0.39, 0.29) is 0 Å². The molecular formula is C15H16Br2N2O2. The SMILES string of the molecule is CCOc1cc(CN)cc(Br)c1OCc1cncc(Br)c1. The van der Waals surface area contributed by atoms with E-state index in [2.05, 4.69) is 36.8 Å². The predicted molar refractivity (Wildman–Crippen MR) is 89.5 cm³/mol. The van der Waals surface area contributed by atoms with Crippen molar-refractivity contribution >= 4 is 31.9 Å². The van der Waals surface area contributed by atoms with E-state index in [0.29, 0.717) is 31.3 Å². The number of pyridine rings is 1. The molecule has 0 aliphatic rings. The summed E-state index contributed by atoms with van der Waals surface area (Å²) in [4.78, 5) is 4.12. The zero-order valence-corrected chi connectivity index (χ0v) is 14.8. The Bertz CT molecular complexity index is 621. The van der Waals surface area contributed by atoms with E-state index in [9.17, 15) is 0 Å². The summed E-state index contributed by atoms with van der Waals surface area (Å²) in [6.07, 6.45) is 3.51. The van der Waals surface area contributed by atoms with Crippen molar-refractivity contribution in [1.29, 1.82) is 0 Å². The van der Waals surface area contributed by atoms with Gasteiger partial charge in [0, 0.05) is 29.0 Å². The molecule has 0 amide bonds. The number of hydrogen-bond donors (Lipinski definition) is 1. The monoisotopic (exact) mass is 414 g/mol. The van der Waals surface area contributed by atoms with Crippen LogP contribution in [-0.4, -0.2) is 11.6 Å². The minimum Gasteiger partial charge on any atom is -0.490 e. The third-order valence-corrected chi connectivity index (χ3v) is 3.77. The topological polar surface area (TPSA) is 57.4 Å². The summed E-state index contributed by atoms with van der Waals surface area (Å²) in [5.41, 5.74) is 7.65. The van der Waals surface area contributed by atoms with Gasteiger partial charge < -0.3 is 15.2 Å². The summed E-state index contributed by atoms with van der Waals surface area (Å²) in [5.74, 6) is 1.37. The van der Waals surface area contributed by atoms with Gasteiger partial charge in [-0.15, -0.1) is 0 Å². The van der Waals surface area contributed by atoms with Gasteiger partial charge in [0.2, 0.25) is 0 Å². The van der Waals surface area contributed by atoms with Crippen molar-refractivity contribution in [3.8, 4) is 11.5 Å². The highest BCUT2D eigenvalue weighted by Gasteiger charge is 2.12. The van der Waals surface area contributed by atoms with Gasteiger partial charge >= 0.3 is 0 Å². The van der Waals surface area contributed by atoms with Gasteiger partial charge in [0.15, 0.2) is 11.5 Å². The molecule has 1 aromatic carbocycles. The van der Waals surface area contributed by atoms with E-state index in [1.165, 1.54) is 0 Å². The molecule has 6 heteroatoms. The van der Waals surface area contributed by atoms with Crippen LogP contribution in [0.2, 0.25) is 0 Å². The van der Waals surface area contributed by atoms with Crippen LogP contribution in [0.1, 0.15) is 18.1 Å². The van der Waals surface area contributed by atoms with Gasteiger partial charge in [-0.25, -0.2) is 0 Å². The summed E-state index contributed by atoms with van der Waals surface area (Å²) in [6.45, 7) is 3.36. The van der Waals surface area contributed by atoms with E-state index < -0.39 is 0 Å². The highest BCUT2D eigenvalue weighted by Crippen LogP contribution is 2.37. The fourth-order valence-electron chi connectivity index (χ4n) is 1.83. The molecule has 21 heavy (non-hydrogen) atoms. The predicted octanol–water partition coefficient (Wildman–Crippen LogP) is 4.04. The van der Waals surface area contributed by atoms with E-state index in [4.69, 9.17) is 15.2 Å². The van der Waals surface area contributed by atoms with Gasteiger partial charge in [-0.05, 0) is 62.5 Å². The van der Waals surface area contributed by atoms with Crippen LogP contribution in [0, 0.1) is 0 Å². The van der Waals surface area contributed by atoms with Crippen molar-refractivity contribution in [3.63, 3.8) is 0 Å². The van der Waals surface area contributed by atoms with Crippen LogP contribution in [0.3, 0.4) is 0 Å². The fourth-order valence-corrected chi connectivity index (χ4v) is 2.85. The summed E-state index contributed by atoms with van der Waals surface area (Å²) in [6, 6.07) is 5.81. The number of aromatic nitrogens is 1. The molecule has 1 heterocycles. The number of hydrogen-bond acceptors (Lipinski definition) is 4. The van der Waals surface area contributed by atoms with Crippen LogP contribution >= 0.6 is 31.9 Å². The molecule has 2 rings (SSSR count). The molecule has 4 nitrogen and oxygen atoms in total. The van der Waals surface area contributed by atoms with E-state index in [1.54, 1.807) is 12.4 Å². The van der Waals surface area contributed by atoms with Crippen LogP contribution < -0.4 is 15.2 Å². The summed E-state index contributed by atoms with van der Waals surface area (Å²) in [5, 5.41) is 0. The molecule has 2 aromatic rings. The lowest BCUT2D eigenvalue weighted by atomic mass is 10.2. The Hall–Kier alpha value is -1.11. The van der Waals surface area contributed by atoms with Gasteiger partial charge in [0.25, 0.3) is 0 Å². The molecule has 0 bridgehead atoms. The van der Waals surface area contributed by atoms with Gasteiger partial charge in [0.05, 0.1) is 11.1 Å². The first-order valence-corrected chi connectivity index (χ1v) is 8.10. The third-order valence-electron chi connectivity index (χ3n) is 2.75. The Morgan fingerprint density at radius 3 is 2.57 bits per heavy atom. The van der Waals surface area contributed by atoms with Crippen molar-refractivity contribution in [2.24, 2.45) is 5.73 Å². The Labute approximate surface area is 140 Å². The van der Waals surface area contributed by atoms with Crippen LogP contribution in [0.5, 0.6) is 11.5 Å². The maximum Gasteiger partial charge on any atom is 0.175 e. The standard InChI is InChI=1S/C15H16Br2N2O2/c1-2-20-14-5-10(6-18)4-13(17)15(14)21-9-11-3-12(16)8-19-7-11/h3-5,7-8H,2,6,9,18H2,1H3. The highest BCUT2D eigenvalue weighted by molar-refractivity contribution is 9.10. The minimum absolute atomic E-state index is 0.410. The third kappa shape index (κ3) is 4.43. The first-order valence-electron chi connectivity index (χ1n) is 6.51. The van der Waals surface area contributed by atoms with Crippen molar-refractivity contribution in [2.75, 3.05) is 6.61 Å². The molecule has 0 saturated heterocycles. The van der Waals surface area contributed by atoms with Crippen molar-refractivity contribution < 1.29 is 9.47 Å². The lowest BCUT2D eigenvalue weighted by molar-refractivity contribution is 0.267. The van der Waals surface area contributed by atoms with Gasteiger partial charge in [-0.1, -0.05) is 0 Å². The molecule has 0 aliphatic heterocycles. The second-order valence-corrected chi connectivity index (χ2v) is 6.11. The summed E-state index contributed by atoms with van der Waals surface area (Å²) in [7, 11) is 0. The Kier molecular flexibility index (Phi) is 6.02. The molecule has 0 atom stereocenters. The zero-order valence-electron chi connectivity index (χ0n) is 11.6. The lowest BCUT2D eigenvalue weighted by Crippen LogP contribution is -2.03. The molecule has 0 fully saturated rings. The minimum atomic E-state index is 0.410. The quantitative estimate of drug-likeness (QED) is 0.773. The molecule has 0 radical (unpaired) electrons. The second-order valence-electron chi connectivity index (χ2n) is 4.34. The van der Waals surface area contributed by atoms with Gasteiger partial charge in [-0.3, -0.25) is 4.98 Å². The zero-order chi connectivity index (χ0) is 15.2. The lowest BCUT2D eigenvalue weighted by Gasteiger charge is -2.15.